The van der Waals surface area contributed by atoms with Crippen molar-refractivity contribution in [3.8, 4) is 0 Å². The molecule has 1 aromatic carbocycles. The summed E-state index contributed by atoms with van der Waals surface area (Å²) in [5.41, 5.74) is -0.273. The molecule has 6 nitrogen and oxygen atoms in total. The molecule has 0 bridgehead atoms. The summed E-state index contributed by atoms with van der Waals surface area (Å²) in [5, 5.41) is 17.3. The Morgan fingerprint density at radius 1 is 1.47 bits per heavy atom. The largest absolute Gasteiger partial charge is 0.371 e. The van der Waals surface area contributed by atoms with E-state index in [1.165, 1.54) is 0 Å². The first-order valence-corrected chi connectivity index (χ1v) is 5.33. The molecule has 1 aromatic heterocycles. The molecule has 19 heavy (non-hydrogen) atoms. The average molecular weight is 268 g/mol. The summed E-state index contributed by atoms with van der Waals surface area (Å²) in [4.78, 5) is 9.93. The Balaban J connectivity index is 2.29. The zero-order valence-electron chi connectivity index (χ0n) is 9.93. The lowest BCUT2D eigenvalue weighted by Crippen LogP contribution is -2.08. The number of aryl methyl sites for hydroxylation is 1. The maximum atomic E-state index is 13.6. The zero-order valence-corrected chi connectivity index (χ0v) is 9.93. The molecule has 0 aliphatic heterocycles. The summed E-state index contributed by atoms with van der Waals surface area (Å²) in [5.74, 6) is -2.00. The Morgan fingerprint density at radius 3 is 2.79 bits per heavy atom. The quantitative estimate of drug-likeness (QED) is 0.681. The second-order valence-corrected chi connectivity index (χ2v) is 3.84. The van der Waals surface area contributed by atoms with E-state index < -0.39 is 22.2 Å². The van der Waals surface area contributed by atoms with Crippen molar-refractivity contribution in [1.82, 2.24) is 9.78 Å². The maximum Gasteiger partial charge on any atom is 0.298 e. The third-order valence-electron chi connectivity index (χ3n) is 2.60. The highest BCUT2D eigenvalue weighted by atomic mass is 19.1. The van der Waals surface area contributed by atoms with Gasteiger partial charge in [0.1, 0.15) is 11.5 Å². The third kappa shape index (κ3) is 2.67. The van der Waals surface area contributed by atoms with Gasteiger partial charge in [0.05, 0.1) is 23.2 Å². The number of hydrogen-bond donors (Lipinski definition) is 1. The minimum Gasteiger partial charge on any atom is -0.371 e. The summed E-state index contributed by atoms with van der Waals surface area (Å²) in [6.07, 6.45) is 1.55. The van der Waals surface area contributed by atoms with Gasteiger partial charge in [-0.15, -0.1) is 0 Å². The van der Waals surface area contributed by atoms with Crippen molar-refractivity contribution in [3.63, 3.8) is 0 Å². The summed E-state index contributed by atoms with van der Waals surface area (Å²) >= 11 is 0. The highest BCUT2D eigenvalue weighted by molar-refractivity contribution is 5.62. The number of nitrogens with one attached hydrogen (secondary N) is 1. The van der Waals surface area contributed by atoms with Crippen molar-refractivity contribution < 1.29 is 13.7 Å². The molecule has 0 saturated carbocycles. The third-order valence-corrected chi connectivity index (χ3v) is 2.60. The molecular weight excluding hydrogens is 258 g/mol. The average Bonchev–Trinajstić information content (AvgIpc) is 2.73. The van der Waals surface area contributed by atoms with E-state index in [-0.39, 0.29) is 12.2 Å². The molecule has 0 aliphatic carbocycles. The van der Waals surface area contributed by atoms with Crippen molar-refractivity contribution >= 4 is 11.4 Å². The van der Waals surface area contributed by atoms with Gasteiger partial charge >= 0.3 is 0 Å². The van der Waals surface area contributed by atoms with Crippen LogP contribution in [-0.2, 0) is 13.6 Å². The van der Waals surface area contributed by atoms with Crippen molar-refractivity contribution in [2.75, 3.05) is 5.32 Å². The predicted octanol–water partition coefficient (Wildman–Crippen LogP) is 2.22. The molecule has 0 unspecified atom stereocenters. The molecule has 0 atom stereocenters. The summed E-state index contributed by atoms with van der Waals surface area (Å²) < 4.78 is 28.1. The van der Waals surface area contributed by atoms with Gasteiger partial charge in [0.2, 0.25) is 0 Å². The second kappa shape index (κ2) is 5.01. The lowest BCUT2D eigenvalue weighted by Gasteiger charge is -2.08. The smallest absolute Gasteiger partial charge is 0.298 e. The number of hydrogen-bond acceptors (Lipinski definition) is 4. The van der Waals surface area contributed by atoms with Crippen LogP contribution in [0.5, 0.6) is 0 Å². The van der Waals surface area contributed by atoms with E-state index in [1.54, 1.807) is 24.0 Å². The fraction of sp³-hybridized carbons (Fsp3) is 0.182. The second-order valence-electron chi connectivity index (χ2n) is 3.84. The fourth-order valence-corrected chi connectivity index (χ4v) is 1.63. The summed E-state index contributed by atoms with van der Waals surface area (Å²) in [6.45, 7) is 0.139. The highest BCUT2D eigenvalue weighted by Gasteiger charge is 2.20. The van der Waals surface area contributed by atoms with Crippen molar-refractivity contribution in [2.24, 2.45) is 7.05 Å². The maximum absolute atomic E-state index is 13.6. The lowest BCUT2D eigenvalue weighted by molar-refractivity contribution is -0.384. The van der Waals surface area contributed by atoms with Gasteiger partial charge in [0.25, 0.3) is 5.69 Å². The number of benzene rings is 1. The van der Waals surface area contributed by atoms with Gasteiger partial charge in [-0.25, -0.2) is 8.78 Å². The van der Waals surface area contributed by atoms with E-state index in [2.05, 4.69) is 10.4 Å². The molecule has 0 aliphatic rings. The van der Waals surface area contributed by atoms with Gasteiger partial charge in [-0.3, -0.25) is 14.8 Å². The minimum absolute atomic E-state index is 0.139. The molecule has 1 heterocycles. The lowest BCUT2D eigenvalue weighted by atomic mass is 10.2. The molecule has 1 N–H and O–H groups in total. The topological polar surface area (TPSA) is 73.0 Å². The molecule has 2 rings (SSSR count). The number of nitro benzene ring substituents is 1. The fourth-order valence-electron chi connectivity index (χ4n) is 1.63. The number of nitro groups is 1. The Kier molecular flexibility index (Phi) is 3.41. The Labute approximate surface area is 106 Å². The number of aromatic nitrogens is 2. The molecule has 8 heteroatoms. The van der Waals surface area contributed by atoms with E-state index in [1.807, 2.05) is 0 Å². The Bertz CT molecular complexity index is 627. The zero-order chi connectivity index (χ0) is 14.0. The van der Waals surface area contributed by atoms with Crippen LogP contribution in [0.25, 0.3) is 0 Å². The van der Waals surface area contributed by atoms with Crippen LogP contribution in [0.1, 0.15) is 5.69 Å². The van der Waals surface area contributed by atoms with Gasteiger partial charge < -0.3 is 5.32 Å². The van der Waals surface area contributed by atoms with E-state index in [9.17, 15) is 18.9 Å². The van der Waals surface area contributed by atoms with Gasteiger partial charge in [-0.1, -0.05) is 0 Å². The number of anilines is 1. The van der Waals surface area contributed by atoms with E-state index in [4.69, 9.17) is 0 Å². The standard InChI is InChI=1S/C11H10F2N4O2/c1-16-8(2-3-15-16)6-14-11-9(13)4-7(12)5-10(11)17(18)19/h2-5,14H,6H2,1H3. The van der Waals surface area contributed by atoms with E-state index >= 15 is 0 Å². The summed E-state index contributed by atoms with van der Waals surface area (Å²) in [6, 6.07) is 2.95. The monoisotopic (exact) mass is 268 g/mol. The first-order valence-electron chi connectivity index (χ1n) is 5.33. The van der Waals surface area contributed by atoms with Crippen molar-refractivity contribution in [3.05, 3.63) is 51.8 Å². The normalized spacial score (nSPS) is 10.5. The van der Waals surface area contributed by atoms with Crippen LogP contribution in [0, 0.1) is 21.7 Å². The molecular formula is C11H10F2N4O2. The SMILES string of the molecule is Cn1nccc1CNc1c(F)cc(F)cc1[N+](=O)[O-]. The van der Waals surface area contributed by atoms with Crippen molar-refractivity contribution in [1.29, 1.82) is 0 Å². The molecule has 0 spiro atoms. The molecule has 0 saturated heterocycles. The first kappa shape index (κ1) is 12.9. The Morgan fingerprint density at radius 2 is 2.21 bits per heavy atom. The van der Waals surface area contributed by atoms with Crippen LogP contribution < -0.4 is 5.32 Å². The van der Waals surface area contributed by atoms with Crippen LogP contribution in [0.3, 0.4) is 0 Å². The number of nitrogens with zero attached hydrogens (tertiary/aromatic N) is 3. The minimum atomic E-state index is -1.01. The van der Waals surface area contributed by atoms with E-state index in [0.29, 0.717) is 17.8 Å². The van der Waals surface area contributed by atoms with Crippen LogP contribution >= 0.6 is 0 Å². The van der Waals surface area contributed by atoms with Gasteiger partial charge in [-0.2, -0.15) is 5.10 Å². The first-order chi connectivity index (χ1) is 8.99. The van der Waals surface area contributed by atoms with Crippen LogP contribution in [0.4, 0.5) is 20.2 Å². The van der Waals surface area contributed by atoms with Gasteiger partial charge in [0.15, 0.2) is 5.82 Å². The highest BCUT2D eigenvalue weighted by Crippen LogP contribution is 2.28. The molecule has 0 fully saturated rings. The summed E-state index contributed by atoms with van der Waals surface area (Å²) in [7, 11) is 1.69. The number of halogens is 2. The molecule has 2 aromatic rings. The Hall–Kier alpha value is -2.51. The van der Waals surface area contributed by atoms with Crippen LogP contribution in [0.2, 0.25) is 0 Å². The molecule has 100 valence electrons. The van der Waals surface area contributed by atoms with Crippen molar-refractivity contribution in [2.45, 2.75) is 6.54 Å². The molecule has 0 amide bonds. The number of rotatable bonds is 4. The predicted molar refractivity (Wildman–Crippen MR) is 63.5 cm³/mol. The van der Waals surface area contributed by atoms with Gasteiger partial charge in [-0.05, 0) is 6.07 Å². The van der Waals surface area contributed by atoms with E-state index in [0.717, 1.165) is 0 Å². The van der Waals surface area contributed by atoms with Gasteiger partial charge in [0, 0.05) is 19.3 Å². The van der Waals surface area contributed by atoms with Crippen LogP contribution in [0.15, 0.2) is 24.4 Å². The van der Waals surface area contributed by atoms with Crippen LogP contribution in [-0.4, -0.2) is 14.7 Å². The molecule has 0 radical (unpaired) electrons.